The number of carbonyl (C=O) groups is 1. The van der Waals surface area contributed by atoms with Crippen molar-refractivity contribution in [2.75, 3.05) is 5.32 Å². The first-order valence-electron chi connectivity index (χ1n) is 6.95. The lowest BCUT2D eigenvalue weighted by molar-refractivity contribution is -0.384. The van der Waals surface area contributed by atoms with Crippen LogP contribution < -0.4 is 5.32 Å². The van der Waals surface area contributed by atoms with Crippen molar-refractivity contribution in [2.24, 2.45) is 0 Å². The highest BCUT2D eigenvalue weighted by molar-refractivity contribution is 5.83. The number of hydrogen-bond acceptors (Lipinski definition) is 5. The predicted molar refractivity (Wildman–Crippen MR) is 78.6 cm³/mol. The number of aromatic nitrogens is 2. The van der Waals surface area contributed by atoms with Gasteiger partial charge in [0.25, 0.3) is 0 Å². The lowest BCUT2D eigenvalue weighted by Gasteiger charge is -2.29. The standard InChI is InChI=1S/C13H22N4O4/c1-6-13(7-2,12(18)19)14-11-10(17(20)21)9(5)15-16(11)8(3)4/h8,14H,6-7H2,1-5H3,(H,18,19). The molecule has 0 atom stereocenters. The second-order valence-electron chi connectivity index (χ2n) is 5.30. The number of nitrogens with zero attached hydrogens (tertiary/aromatic N) is 3. The summed E-state index contributed by atoms with van der Waals surface area (Å²) < 4.78 is 1.47. The summed E-state index contributed by atoms with van der Waals surface area (Å²) in [6.07, 6.45) is 0.608. The van der Waals surface area contributed by atoms with Crippen molar-refractivity contribution in [3.05, 3.63) is 15.8 Å². The third kappa shape index (κ3) is 2.98. The van der Waals surface area contributed by atoms with Crippen molar-refractivity contribution in [3.63, 3.8) is 0 Å². The molecular weight excluding hydrogens is 276 g/mol. The third-order valence-corrected chi connectivity index (χ3v) is 3.70. The zero-order valence-electron chi connectivity index (χ0n) is 13.0. The largest absolute Gasteiger partial charge is 0.480 e. The summed E-state index contributed by atoms with van der Waals surface area (Å²) in [6.45, 7) is 8.69. The number of carboxylic acid groups (broad SMARTS) is 1. The highest BCUT2D eigenvalue weighted by atomic mass is 16.6. The van der Waals surface area contributed by atoms with Gasteiger partial charge in [0, 0.05) is 6.04 Å². The summed E-state index contributed by atoms with van der Waals surface area (Å²) in [6, 6.07) is -0.125. The summed E-state index contributed by atoms with van der Waals surface area (Å²) in [5.74, 6) is -0.880. The third-order valence-electron chi connectivity index (χ3n) is 3.70. The van der Waals surface area contributed by atoms with Gasteiger partial charge in [-0.3, -0.25) is 10.1 Å². The molecule has 0 amide bonds. The summed E-state index contributed by atoms with van der Waals surface area (Å²) in [5, 5.41) is 27.8. The SMILES string of the molecule is CCC(CC)(Nc1c([N+](=O)[O-])c(C)nn1C(C)C)C(=O)O. The van der Waals surface area contributed by atoms with E-state index in [2.05, 4.69) is 10.4 Å². The fourth-order valence-electron chi connectivity index (χ4n) is 2.26. The monoisotopic (exact) mass is 298 g/mol. The molecule has 0 saturated carbocycles. The fraction of sp³-hybridized carbons (Fsp3) is 0.692. The van der Waals surface area contributed by atoms with Gasteiger partial charge in [-0.25, -0.2) is 9.48 Å². The number of aryl methyl sites for hydroxylation is 1. The second kappa shape index (κ2) is 6.11. The van der Waals surface area contributed by atoms with Gasteiger partial charge in [0.05, 0.1) is 4.92 Å². The van der Waals surface area contributed by atoms with Gasteiger partial charge in [0.1, 0.15) is 11.2 Å². The second-order valence-corrected chi connectivity index (χ2v) is 5.30. The summed E-state index contributed by atoms with van der Waals surface area (Å²) in [4.78, 5) is 22.3. The van der Waals surface area contributed by atoms with E-state index >= 15 is 0 Å². The first-order valence-corrected chi connectivity index (χ1v) is 6.95. The molecule has 0 aromatic carbocycles. The number of hydrogen-bond donors (Lipinski definition) is 2. The van der Waals surface area contributed by atoms with Crippen LogP contribution in [0, 0.1) is 17.0 Å². The molecule has 118 valence electrons. The zero-order valence-corrected chi connectivity index (χ0v) is 13.0. The van der Waals surface area contributed by atoms with E-state index in [-0.39, 0.29) is 23.2 Å². The first kappa shape index (κ1) is 16.9. The highest BCUT2D eigenvalue weighted by Crippen LogP contribution is 2.34. The van der Waals surface area contributed by atoms with Crippen LogP contribution in [0.5, 0.6) is 0 Å². The molecule has 1 rings (SSSR count). The normalized spacial score (nSPS) is 11.7. The Morgan fingerprint density at radius 1 is 1.48 bits per heavy atom. The van der Waals surface area contributed by atoms with Gasteiger partial charge >= 0.3 is 11.7 Å². The number of rotatable bonds is 7. The molecule has 1 aromatic heterocycles. The van der Waals surface area contributed by atoms with Crippen LogP contribution in [0.1, 0.15) is 52.3 Å². The van der Waals surface area contributed by atoms with Gasteiger partial charge in [-0.15, -0.1) is 0 Å². The molecule has 0 radical (unpaired) electrons. The van der Waals surface area contributed by atoms with Crippen LogP contribution in [0.4, 0.5) is 11.5 Å². The molecule has 0 bridgehead atoms. The van der Waals surface area contributed by atoms with Crippen molar-refractivity contribution >= 4 is 17.5 Å². The molecule has 0 aliphatic carbocycles. The Hall–Kier alpha value is -2.12. The topological polar surface area (TPSA) is 110 Å². The fourth-order valence-corrected chi connectivity index (χ4v) is 2.26. The molecule has 0 saturated heterocycles. The first-order chi connectivity index (χ1) is 9.70. The van der Waals surface area contributed by atoms with Crippen LogP contribution >= 0.6 is 0 Å². The lowest BCUT2D eigenvalue weighted by Crippen LogP contribution is -2.46. The molecule has 0 fully saturated rings. The Bertz CT molecular complexity index is 547. The molecule has 8 heteroatoms. The van der Waals surface area contributed by atoms with Gasteiger partial charge < -0.3 is 10.4 Å². The molecule has 0 aliphatic heterocycles. The summed E-state index contributed by atoms with van der Waals surface area (Å²) >= 11 is 0. The van der Waals surface area contributed by atoms with Gasteiger partial charge in [-0.05, 0) is 33.6 Å². The maximum absolute atomic E-state index is 11.6. The van der Waals surface area contributed by atoms with Gasteiger partial charge in [-0.2, -0.15) is 5.10 Å². The Labute approximate surface area is 123 Å². The van der Waals surface area contributed by atoms with E-state index in [1.54, 1.807) is 20.8 Å². The quantitative estimate of drug-likeness (QED) is 0.591. The maximum Gasteiger partial charge on any atom is 0.333 e. The molecule has 0 unspecified atom stereocenters. The van der Waals surface area contributed by atoms with E-state index in [0.717, 1.165) is 0 Å². The van der Waals surface area contributed by atoms with Crippen molar-refractivity contribution < 1.29 is 14.8 Å². The minimum absolute atomic E-state index is 0.125. The van der Waals surface area contributed by atoms with Gasteiger partial charge in [-0.1, -0.05) is 13.8 Å². The number of nitrogens with one attached hydrogen (secondary N) is 1. The summed E-state index contributed by atoms with van der Waals surface area (Å²) in [5.41, 5.74) is -1.15. The Kier molecular flexibility index (Phi) is 4.93. The number of carboxylic acids is 1. The highest BCUT2D eigenvalue weighted by Gasteiger charge is 2.39. The Morgan fingerprint density at radius 2 is 2.00 bits per heavy atom. The average Bonchev–Trinajstić information content (AvgIpc) is 2.72. The van der Waals surface area contributed by atoms with Crippen molar-refractivity contribution in [1.82, 2.24) is 9.78 Å². The molecule has 8 nitrogen and oxygen atoms in total. The van der Waals surface area contributed by atoms with Crippen LogP contribution in [0.15, 0.2) is 0 Å². The molecular formula is C13H22N4O4. The van der Waals surface area contributed by atoms with Crippen LogP contribution in [0.3, 0.4) is 0 Å². The number of aliphatic carboxylic acids is 1. The van der Waals surface area contributed by atoms with Crippen molar-refractivity contribution in [2.45, 2.75) is 59.0 Å². The van der Waals surface area contributed by atoms with E-state index in [4.69, 9.17) is 0 Å². The van der Waals surface area contributed by atoms with Crippen LogP contribution in [-0.4, -0.2) is 31.3 Å². The van der Waals surface area contributed by atoms with Crippen LogP contribution in [0.25, 0.3) is 0 Å². The minimum atomic E-state index is -1.25. The van der Waals surface area contributed by atoms with Gasteiger partial charge in [0.2, 0.25) is 5.82 Å². The van der Waals surface area contributed by atoms with E-state index < -0.39 is 16.4 Å². The van der Waals surface area contributed by atoms with Crippen LogP contribution in [0.2, 0.25) is 0 Å². The van der Waals surface area contributed by atoms with Gasteiger partial charge in [0.15, 0.2) is 0 Å². The molecule has 0 spiro atoms. The Morgan fingerprint density at radius 3 is 2.33 bits per heavy atom. The lowest BCUT2D eigenvalue weighted by atomic mass is 9.93. The summed E-state index contributed by atoms with van der Waals surface area (Å²) in [7, 11) is 0. The predicted octanol–water partition coefficient (Wildman–Crippen LogP) is 2.74. The van der Waals surface area contributed by atoms with E-state index in [1.165, 1.54) is 4.68 Å². The van der Waals surface area contributed by atoms with Crippen LogP contribution in [-0.2, 0) is 4.79 Å². The number of anilines is 1. The Balaban J connectivity index is 3.47. The van der Waals surface area contributed by atoms with Crippen molar-refractivity contribution in [3.8, 4) is 0 Å². The number of nitro groups is 1. The molecule has 0 aliphatic rings. The molecule has 21 heavy (non-hydrogen) atoms. The smallest absolute Gasteiger partial charge is 0.333 e. The average molecular weight is 298 g/mol. The molecule has 1 aromatic rings. The zero-order chi connectivity index (χ0) is 16.4. The minimum Gasteiger partial charge on any atom is -0.480 e. The molecule has 1 heterocycles. The molecule has 2 N–H and O–H groups in total. The van der Waals surface area contributed by atoms with Crippen molar-refractivity contribution in [1.29, 1.82) is 0 Å². The van der Waals surface area contributed by atoms with E-state index in [1.807, 2.05) is 13.8 Å². The van der Waals surface area contributed by atoms with E-state index in [0.29, 0.717) is 12.8 Å². The van der Waals surface area contributed by atoms with E-state index in [9.17, 15) is 20.0 Å². The maximum atomic E-state index is 11.6.